The quantitative estimate of drug-likeness (QED) is 0.350. The molecule has 0 bridgehead atoms. The van der Waals surface area contributed by atoms with E-state index in [2.05, 4.69) is 41.6 Å². The number of allylic oxidation sites excluding steroid dienone is 2. The van der Waals surface area contributed by atoms with Crippen LogP contribution in [-0.4, -0.2) is 0 Å². The molecule has 0 aromatic rings. The van der Waals surface area contributed by atoms with Gasteiger partial charge >= 0.3 is 0 Å². The van der Waals surface area contributed by atoms with Gasteiger partial charge in [0.25, 0.3) is 0 Å². The lowest BCUT2D eigenvalue weighted by Gasteiger charge is -1.59. The molecule has 0 nitrogen and oxygen atoms in total. The SMILES string of the molecule is PC#CC=CC#CP. The van der Waals surface area contributed by atoms with Crippen molar-refractivity contribution in [3.05, 3.63) is 12.2 Å². The van der Waals surface area contributed by atoms with E-state index in [1.807, 2.05) is 0 Å². The zero-order valence-electron chi connectivity index (χ0n) is 4.31. The van der Waals surface area contributed by atoms with Crippen molar-refractivity contribution in [1.29, 1.82) is 0 Å². The van der Waals surface area contributed by atoms with E-state index in [-0.39, 0.29) is 0 Å². The second-order valence-corrected chi connectivity index (χ2v) is 1.49. The van der Waals surface area contributed by atoms with Crippen molar-refractivity contribution in [3.63, 3.8) is 0 Å². The molecule has 0 saturated carbocycles. The number of rotatable bonds is 0. The standard InChI is InChI=1S/C6H6P2/c7-5-3-1-2-4-6-8/h1-2H,7-8H2. The molecule has 0 aromatic heterocycles. The van der Waals surface area contributed by atoms with E-state index in [4.69, 9.17) is 0 Å². The first-order valence-electron chi connectivity index (χ1n) is 1.99. The predicted octanol–water partition coefficient (Wildman–Crippen LogP) is 1.21. The van der Waals surface area contributed by atoms with Crippen LogP contribution in [0.4, 0.5) is 0 Å². The highest BCUT2D eigenvalue weighted by Gasteiger charge is 1.52. The lowest BCUT2D eigenvalue weighted by atomic mass is 10.5. The molecule has 0 aliphatic carbocycles. The predicted molar refractivity (Wildman–Crippen MR) is 44.1 cm³/mol. The van der Waals surface area contributed by atoms with Gasteiger partial charge in [-0.2, -0.15) is 0 Å². The largest absolute Gasteiger partial charge is 0.0787 e. The first-order chi connectivity index (χ1) is 3.91. The van der Waals surface area contributed by atoms with Crippen LogP contribution in [0.25, 0.3) is 0 Å². The summed E-state index contributed by atoms with van der Waals surface area (Å²) in [5.41, 5.74) is 5.26. The first kappa shape index (κ1) is 7.72. The van der Waals surface area contributed by atoms with E-state index in [1.54, 1.807) is 12.2 Å². The van der Waals surface area contributed by atoms with Crippen molar-refractivity contribution in [1.82, 2.24) is 0 Å². The fourth-order valence-electron chi connectivity index (χ4n) is 0.180. The van der Waals surface area contributed by atoms with E-state index in [0.29, 0.717) is 0 Å². The Bertz CT molecular complexity index is 160. The van der Waals surface area contributed by atoms with Gasteiger partial charge in [0.15, 0.2) is 0 Å². The molecule has 40 valence electrons. The molecule has 2 heteroatoms. The van der Waals surface area contributed by atoms with Crippen LogP contribution < -0.4 is 0 Å². The van der Waals surface area contributed by atoms with Gasteiger partial charge in [-0.1, -0.05) is 41.6 Å². The number of hydrogen-bond donors (Lipinski definition) is 0. The molecule has 0 rings (SSSR count). The monoisotopic (exact) mass is 140 g/mol. The fraction of sp³-hybridized carbons (Fsp3) is 0. The molecule has 0 aliphatic heterocycles. The zero-order valence-corrected chi connectivity index (χ0v) is 6.62. The van der Waals surface area contributed by atoms with Gasteiger partial charge in [0, 0.05) is 0 Å². The molecule has 0 amide bonds. The van der Waals surface area contributed by atoms with Crippen molar-refractivity contribution < 1.29 is 0 Å². The summed E-state index contributed by atoms with van der Waals surface area (Å²) in [5, 5.41) is 0. The summed E-state index contributed by atoms with van der Waals surface area (Å²) < 4.78 is 0. The Morgan fingerprint density at radius 2 is 1.25 bits per heavy atom. The molecule has 2 atom stereocenters. The maximum absolute atomic E-state index is 2.70. The topological polar surface area (TPSA) is 0 Å². The van der Waals surface area contributed by atoms with Crippen LogP contribution in [0.3, 0.4) is 0 Å². The van der Waals surface area contributed by atoms with Crippen LogP contribution in [0.15, 0.2) is 12.2 Å². The summed E-state index contributed by atoms with van der Waals surface area (Å²) >= 11 is 0. The summed E-state index contributed by atoms with van der Waals surface area (Å²) in [7, 11) is 4.60. The molecule has 8 heavy (non-hydrogen) atoms. The van der Waals surface area contributed by atoms with Gasteiger partial charge in [0.05, 0.1) is 0 Å². The molecule has 2 unspecified atom stereocenters. The normalized spacial score (nSPS) is 6.75. The third-order valence-electron chi connectivity index (χ3n) is 0.417. The van der Waals surface area contributed by atoms with Crippen molar-refractivity contribution in [2.75, 3.05) is 0 Å². The van der Waals surface area contributed by atoms with Crippen LogP contribution in [0.2, 0.25) is 0 Å². The summed E-state index contributed by atoms with van der Waals surface area (Å²) in [6.45, 7) is 0. The maximum Gasteiger partial charge on any atom is -0.00319 e. The lowest BCUT2D eigenvalue weighted by molar-refractivity contribution is 2.15. The summed E-state index contributed by atoms with van der Waals surface area (Å²) in [6, 6.07) is 0. The molecule has 0 N–H and O–H groups in total. The Labute approximate surface area is 54.5 Å². The minimum atomic E-state index is 1.70. The Hall–Kier alpha value is -0.280. The van der Waals surface area contributed by atoms with E-state index in [1.165, 1.54) is 0 Å². The third-order valence-corrected chi connectivity index (χ3v) is 0.750. The highest BCUT2D eigenvalue weighted by Crippen LogP contribution is 1.74. The smallest absolute Gasteiger partial charge is 0.00319 e. The van der Waals surface area contributed by atoms with Gasteiger partial charge in [-0.3, -0.25) is 0 Å². The van der Waals surface area contributed by atoms with Crippen LogP contribution in [-0.2, 0) is 0 Å². The van der Waals surface area contributed by atoms with Crippen molar-refractivity contribution >= 4 is 18.5 Å². The van der Waals surface area contributed by atoms with E-state index >= 15 is 0 Å². The molecule has 0 spiro atoms. The molecular formula is C6H6P2. The Balaban J connectivity index is 3.56. The van der Waals surface area contributed by atoms with Crippen LogP contribution in [0.1, 0.15) is 0 Å². The highest BCUT2D eigenvalue weighted by molar-refractivity contribution is 7.23. The Morgan fingerprint density at radius 3 is 1.50 bits per heavy atom. The van der Waals surface area contributed by atoms with Crippen LogP contribution >= 0.6 is 18.5 Å². The average molecular weight is 140 g/mol. The van der Waals surface area contributed by atoms with Crippen molar-refractivity contribution in [2.45, 2.75) is 0 Å². The van der Waals surface area contributed by atoms with Gasteiger partial charge in [-0.25, -0.2) is 0 Å². The summed E-state index contributed by atoms with van der Waals surface area (Å²) in [4.78, 5) is 0. The average Bonchev–Trinajstić information content (AvgIpc) is 1.81. The minimum absolute atomic E-state index is 1.70. The molecule has 0 aliphatic rings. The molecule has 0 fully saturated rings. The van der Waals surface area contributed by atoms with Gasteiger partial charge in [-0.15, -0.1) is 0 Å². The van der Waals surface area contributed by atoms with Crippen molar-refractivity contribution in [3.8, 4) is 23.2 Å². The van der Waals surface area contributed by atoms with E-state index < -0.39 is 0 Å². The van der Waals surface area contributed by atoms with Crippen molar-refractivity contribution in [2.24, 2.45) is 0 Å². The van der Waals surface area contributed by atoms with Crippen LogP contribution in [0.5, 0.6) is 0 Å². The molecular weight excluding hydrogens is 134 g/mol. The molecule has 0 heterocycles. The molecule has 0 saturated heterocycles. The molecule has 0 radical (unpaired) electrons. The first-order valence-corrected chi connectivity index (χ1v) is 3.14. The maximum atomic E-state index is 2.70. The minimum Gasteiger partial charge on any atom is -0.0787 e. The Kier molecular flexibility index (Phi) is 6.48. The van der Waals surface area contributed by atoms with Crippen LogP contribution in [0, 0.1) is 23.2 Å². The lowest BCUT2D eigenvalue weighted by Crippen LogP contribution is -1.44. The molecule has 0 aromatic carbocycles. The van der Waals surface area contributed by atoms with E-state index in [9.17, 15) is 0 Å². The number of hydrogen-bond acceptors (Lipinski definition) is 0. The third kappa shape index (κ3) is 5.72. The second kappa shape index (κ2) is 6.72. The van der Waals surface area contributed by atoms with Gasteiger partial charge < -0.3 is 0 Å². The van der Waals surface area contributed by atoms with E-state index in [0.717, 1.165) is 0 Å². The van der Waals surface area contributed by atoms with Gasteiger partial charge in [-0.05, 0) is 12.2 Å². The summed E-state index contributed by atoms with van der Waals surface area (Å²) in [5.74, 6) is 5.41. The Morgan fingerprint density at radius 1 is 0.875 bits per heavy atom. The van der Waals surface area contributed by atoms with Gasteiger partial charge in [0.2, 0.25) is 0 Å². The zero-order chi connectivity index (χ0) is 6.24. The summed E-state index contributed by atoms with van der Waals surface area (Å²) in [6.07, 6.45) is 3.40. The fourth-order valence-corrected chi connectivity index (χ4v) is 0.372. The van der Waals surface area contributed by atoms with Gasteiger partial charge in [0.1, 0.15) is 0 Å². The highest BCUT2D eigenvalue weighted by atomic mass is 31.0. The second-order valence-electron chi connectivity index (χ2n) is 0.911.